The Kier molecular flexibility index (Phi) is 9.25. The molecule has 0 spiro atoms. The molecule has 2 N–H and O–H groups in total. The van der Waals surface area contributed by atoms with Crippen molar-refractivity contribution in [2.45, 2.75) is 46.7 Å². The van der Waals surface area contributed by atoms with E-state index in [9.17, 15) is 0 Å². The van der Waals surface area contributed by atoms with Crippen molar-refractivity contribution in [1.29, 1.82) is 0 Å². The Morgan fingerprint density at radius 3 is 2.63 bits per heavy atom. The molecule has 148 valence electrons. The van der Waals surface area contributed by atoms with Crippen molar-refractivity contribution in [2.75, 3.05) is 25.1 Å². The number of benzene rings is 1. The fourth-order valence-corrected chi connectivity index (χ4v) is 3.44. The molecule has 0 radical (unpaired) electrons. The summed E-state index contributed by atoms with van der Waals surface area (Å²) >= 11 is 1.90. The number of hydrogen-bond donors (Lipinski definition) is 2. The highest BCUT2D eigenvalue weighted by Gasteiger charge is 2.11. The second-order valence-corrected chi connectivity index (χ2v) is 7.60. The van der Waals surface area contributed by atoms with Crippen LogP contribution in [0.25, 0.3) is 0 Å². The Labute approximate surface area is 168 Å². The van der Waals surface area contributed by atoms with Gasteiger partial charge in [-0.05, 0) is 51.2 Å². The van der Waals surface area contributed by atoms with Gasteiger partial charge in [-0.15, -0.1) is 0 Å². The quantitative estimate of drug-likeness (QED) is 0.370. The zero-order valence-corrected chi connectivity index (χ0v) is 17.9. The standard InChI is InChI=1S/C21H33N5S/c1-5-22-21(23-13-9-10-14-27-4)24-15-20-17(2)25-26(18(20)3)16-19-11-7-6-8-12-19/h6-8,11-12H,5,9-10,13-16H2,1-4H3,(H2,22,23,24). The Bertz CT molecular complexity index is 709. The summed E-state index contributed by atoms with van der Waals surface area (Å²) in [5.74, 6) is 2.10. The zero-order chi connectivity index (χ0) is 19.5. The van der Waals surface area contributed by atoms with Crippen LogP contribution in [0.3, 0.4) is 0 Å². The fraction of sp³-hybridized carbons (Fsp3) is 0.524. The minimum absolute atomic E-state index is 0.645. The van der Waals surface area contributed by atoms with Gasteiger partial charge < -0.3 is 10.6 Å². The third kappa shape index (κ3) is 6.94. The highest BCUT2D eigenvalue weighted by molar-refractivity contribution is 7.98. The number of thioether (sulfide) groups is 1. The number of guanidine groups is 1. The first-order valence-electron chi connectivity index (χ1n) is 9.73. The first kappa shape index (κ1) is 21.4. The van der Waals surface area contributed by atoms with Crippen LogP contribution in [0.5, 0.6) is 0 Å². The van der Waals surface area contributed by atoms with Crippen molar-refractivity contribution in [3.63, 3.8) is 0 Å². The van der Waals surface area contributed by atoms with Crippen LogP contribution in [0, 0.1) is 13.8 Å². The van der Waals surface area contributed by atoms with Gasteiger partial charge in [0, 0.05) is 24.3 Å². The molecule has 1 heterocycles. The molecule has 0 aliphatic carbocycles. The number of nitrogens with one attached hydrogen (secondary N) is 2. The molecule has 27 heavy (non-hydrogen) atoms. The molecule has 0 aliphatic rings. The largest absolute Gasteiger partial charge is 0.357 e. The Morgan fingerprint density at radius 2 is 1.93 bits per heavy atom. The number of aryl methyl sites for hydroxylation is 1. The lowest BCUT2D eigenvalue weighted by Crippen LogP contribution is -2.37. The summed E-state index contributed by atoms with van der Waals surface area (Å²) < 4.78 is 2.08. The third-order valence-corrected chi connectivity index (χ3v) is 5.21. The van der Waals surface area contributed by atoms with Crippen molar-refractivity contribution in [2.24, 2.45) is 4.99 Å². The van der Waals surface area contributed by atoms with E-state index >= 15 is 0 Å². The predicted molar refractivity (Wildman–Crippen MR) is 118 cm³/mol. The molecule has 2 aromatic rings. The molecule has 0 amide bonds. The highest BCUT2D eigenvalue weighted by Crippen LogP contribution is 2.16. The van der Waals surface area contributed by atoms with Gasteiger partial charge in [0.2, 0.25) is 0 Å². The highest BCUT2D eigenvalue weighted by atomic mass is 32.2. The van der Waals surface area contributed by atoms with Gasteiger partial charge in [-0.3, -0.25) is 4.68 Å². The lowest BCUT2D eigenvalue weighted by Gasteiger charge is -2.11. The summed E-state index contributed by atoms with van der Waals surface area (Å²) in [6.45, 7) is 9.56. The van der Waals surface area contributed by atoms with Gasteiger partial charge >= 0.3 is 0 Å². The van der Waals surface area contributed by atoms with Crippen LogP contribution in [0.15, 0.2) is 35.3 Å². The molecule has 0 fully saturated rings. The smallest absolute Gasteiger partial charge is 0.191 e. The van der Waals surface area contributed by atoms with E-state index in [1.165, 1.54) is 29.0 Å². The van der Waals surface area contributed by atoms with Gasteiger partial charge in [0.15, 0.2) is 5.96 Å². The van der Waals surface area contributed by atoms with Crippen LogP contribution in [0.4, 0.5) is 0 Å². The minimum Gasteiger partial charge on any atom is -0.357 e. The maximum absolute atomic E-state index is 4.78. The number of rotatable bonds is 10. The molecule has 0 unspecified atom stereocenters. The Balaban J connectivity index is 2.00. The minimum atomic E-state index is 0.645. The Hall–Kier alpha value is -1.95. The van der Waals surface area contributed by atoms with E-state index in [0.29, 0.717) is 6.54 Å². The molecule has 5 nitrogen and oxygen atoms in total. The van der Waals surface area contributed by atoms with Crippen LogP contribution < -0.4 is 10.6 Å². The summed E-state index contributed by atoms with van der Waals surface area (Å²) in [4.78, 5) is 4.78. The van der Waals surface area contributed by atoms with Gasteiger partial charge in [0.25, 0.3) is 0 Å². The normalized spacial score (nSPS) is 11.6. The van der Waals surface area contributed by atoms with Gasteiger partial charge in [-0.2, -0.15) is 16.9 Å². The van der Waals surface area contributed by atoms with E-state index in [-0.39, 0.29) is 0 Å². The van der Waals surface area contributed by atoms with Crippen LogP contribution in [0.1, 0.15) is 42.3 Å². The van der Waals surface area contributed by atoms with Crippen molar-refractivity contribution >= 4 is 17.7 Å². The molecular weight excluding hydrogens is 354 g/mol. The van der Waals surface area contributed by atoms with E-state index in [2.05, 4.69) is 66.6 Å². The number of aliphatic imine (C=N–C) groups is 1. The van der Waals surface area contributed by atoms with Crippen molar-refractivity contribution in [3.8, 4) is 0 Å². The van der Waals surface area contributed by atoms with Gasteiger partial charge in [0.05, 0.1) is 18.8 Å². The monoisotopic (exact) mass is 387 g/mol. The molecule has 6 heteroatoms. The summed E-state index contributed by atoms with van der Waals surface area (Å²) in [6.07, 6.45) is 4.55. The van der Waals surface area contributed by atoms with Gasteiger partial charge in [-0.25, -0.2) is 4.99 Å². The Morgan fingerprint density at radius 1 is 1.15 bits per heavy atom. The lowest BCUT2D eigenvalue weighted by atomic mass is 10.2. The first-order valence-corrected chi connectivity index (χ1v) is 11.1. The molecule has 0 saturated heterocycles. The van der Waals surface area contributed by atoms with E-state index in [0.717, 1.165) is 37.7 Å². The zero-order valence-electron chi connectivity index (χ0n) is 17.1. The second kappa shape index (κ2) is 11.7. The third-order valence-electron chi connectivity index (χ3n) is 4.51. The summed E-state index contributed by atoms with van der Waals surface area (Å²) in [7, 11) is 0. The lowest BCUT2D eigenvalue weighted by molar-refractivity contribution is 0.658. The average molecular weight is 388 g/mol. The van der Waals surface area contributed by atoms with Gasteiger partial charge in [0.1, 0.15) is 0 Å². The summed E-state index contributed by atoms with van der Waals surface area (Å²) in [5.41, 5.74) is 4.72. The maximum atomic E-state index is 4.78. The van der Waals surface area contributed by atoms with Crippen LogP contribution in [0.2, 0.25) is 0 Å². The number of unbranched alkanes of at least 4 members (excludes halogenated alkanes) is 1. The summed E-state index contributed by atoms with van der Waals surface area (Å²) in [6, 6.07) is 10.5. The predicted octanol–water partition coefficient (Wildman–Crippen LogP) is 3.75. The topological polar surface area (TPSA) is 54.2 Å². The second-order valence-electron chi connectivity index (χ2n) is 6.61. The average Bonchev–Trinajstić information content (AvgIpc) is 2.93. The van der Waals surface area contributed by atoms with Crippen LogP contribution in [-0.2, 0) is 13.1 Å². The molecular formula is C21H33N5S. The molecule has 0 aliphatic heterocycles. The molecule has 0 bridgehead atoms. The maximum Gasteiger partial charge on any atom is 0.191 e. The fourth-order valence-electron chi connectivity index (χ4n) is 2.95. The van der Waals surface area contributed by atoms with E-state index in [1.54, 1.807) is 0 Å². The first-order chi connectivity index (χ1) is 13.2. The van der Waals surface area contributed by atoms with Crippen molar-refractivity contribution in [3.05, 3.63) is 52.8 Å². The number of hydrogen-bond acceptors (Lipinski definition) is 3. The van der Waals surface area contributed by atoms with E-state index < -0.39 is 0 Å². The molecule has 1 aromatic heterocycles. The SMILES string of the molecule is CCNC(=NCc1c(C)nn(Cc2ccccc2)c1C)NCCCCSC. The van der Waals surface area contributed by atoms with Crippen molar-refractivity contribution < 1.29 is 0 Å². The molecule has 0 saturated carbocycles. The number of nitrogens with zero attached hydrogens (tertiary/aromatic N) is 3. The number of aromatic nitrogens is 2. The van der Waals surface area contributed by atoms with E-state index in [1.807, 2.05) is 17.8 Å². The van der Waals surface area contributed by atoms with Crippen molar-refractivity contribution in [1.82, 2.24) is 20.4 Å². The molecule has 1 aromatic carbocycles. The van der Waals surface area contributed by atoms with E-state index in [4.69, 9.17) is 10.1 Å². The summed E-state index contributed by atoms with van der Waals surface area (Å²) in [5, 5.41) is 11.5. The molecule has 0 atom stereocenters. The van der Waals surface area contributed by atoms with Crippen LogP contribution in [-0.4, -0.2) is 40.8 Å². The van der Waals surface area contributed by atoms with Gasteiger partial charge in [-0.1, -0.05) is 30.3 Å². The van der Waals surface area contributed by atoms with Crippen LogP contribution >= 0.6 is 11.8 Å². The molecule has 2 rings (SSSR count).